The second-order valence-corrected chi connectivity index (χ2v) is 7.97. The van der Waals surface area contributed by atoms with Crippen LogP contribution in [-0.4, -0.2) is 27.0 Å². The Balaban J connectivity index is 1.72. The van der Waals surface area contributed by atoms with Crippen LogP contribution in [0.4, 0.5) is 5.82 Å². The molecule has 1 amide bonds. The van der Waals surface area contributed by atoms with Crippen molar-refractivity contribution >= 4 is 34.1 Å². The van der Waals surface area contributed by atoms with Gasteiger partial charge in [0, 0.05) is 26.9 Å². The largest absolute Gasteiger partial charge is 0.497 e. The molecule has 27 heavy (non-hydrogen) atoms. The molecule has 138 valence electrons. The Kier molecular flexibility index (Phi) is 4.72. The van der Waals surface area contributed by atoms with Crippen molar-refractivity contribution in [3.63, 3.8) is 0 Å². The zero-order valence-corrected chi connectivity index (χ0v) is 16.0. The molecule has 0 unspecified atom stereocenters. The molecule has 4 rings (SSSR count). The summed E-state index contributed by atoms with van der Waals surface area (Å²) < 4.78 is 18.7. The van der Waals surface area contributed by atoms with Crippen LogP contribution >= 0.6 is 11.6 Å². The summed E-state index contributed by atoms with van der Waals surface area (Å²) in [7, 11) is 0.571. The minimum absolute atomic E-state index is 0.277. The number of amides is 1. The topological polar surface area (TPSA) is 73.2 Å². The van der Waals surface area contributed by atoms with Crippen LogP contribution in [0.3, 0.4) is 0 Å². The molecule has 1 aliphatic rings. The molecule has 0 fully saturated rings. The van der Waals surface area contributed by atoms with Crippen LogP contribution < -0.4 is 10.1 Å². The van der Waals surface area contributed by atoms with E-state index in [-0.39, 0.29) is 5.91 Å². The predicted molar refractivity (Wildman–Crippen MR) is 105 cm³/mol. The van der Waals surface area contributed by atoms with Gasteiger partial charge in [-0.05, 0) is 42.5 Å². The summed E-state index contributed by atoms with van der Waals surface area (Å²) in [6.45, 7) is 0. The van der Waals surface area contributed by atoms with Gasteiger partial charge in [0.1, 0.15) is 11.6 Å². The summed E-state index contributed by atoms with van der Waals surface area (Å²) in [5.41, 5.74) is 2.75. The van der Waals surface area contributed by atoms with E-state index in [1.54, 1.807) is 48.2 Å². The molecular formula is C19H16ClN3O3S. The number of nitrogens with one attached hydrogen (secondary N) is 1. The number of anilines is 1. The molecule has 0 bridgehead atoms. The number of carbonyl (C=O) groups excluding carboxylic acids is 1. The summed E-state index contributed by atoms with van der Waals surface area (Å²) >= 11 is 6.11. The van der Waals surface area contributed by atoms with Gasteiger partial charge in [-0.25, -0.2) is 4.68 Å². The van der Waals surface area contributed by atoms with Crippen LogP contribution in [0.15, 0.2) is 48.5 Å². The zero-order valence-electron chi connectivity index (χ0n) is 14.4. The summed E-state index contributed by atoms with van der Waals surface area (Å²) in [5, 5.41) is 8.05. The number of carbonyl (C=O) groups is 1. The van der Waals surface area contributed by atoms with E-state index >= 15 is 0 Å². The second kappa shape index (κ2) is 7.17. The summed E-state index contributed by atoms with van der Waals surface area (Å²) in [6.07, 6.45) is 0. The second-order valence-electron chi connectivity index (χ2n) is 6.08. The number of benzene rings is 2. The average Bonchev–Trinajstić information content (AvgIpc) is 3.19. The molecule has 1 aromatic heterocycles. The molecular weight excluding hydrogens is 386 g/mol. The van der Waals surface area contributed by atoms with Crippen LogP contribution in [0, 0.1) is 0 Å². The van der Waals surface area contributed by atoms with Gasteiger partial charge in [-0.3, -0.25) is 9.00 Å². The fourth-order valence-corrected chi connectivity index (χ4v) is 4.42. The van der Waals surface area contributed by atoms with Crippen LogP contribution in [0.2, 0.25) is 5.02 Å². The lowest BCUT2D eigenvalue weighted by Crippen LogP contribution is -2.16. The lowest BCUT2D eigenvalue weighted by Gasteiger charge is -2.11. The average molecular weight is 402 g/mol. The lowest BCUT2D eigenvalue weighted by atomic mass is 10.2. The number of methoxy groups -OCH3 is 1. The SMILES string of the molecule is COc1ccc(C(=O)Nc2c3c(nn2-c2cccc(Cl)c2)C[S@@](=O)C3)cc1. The van der Waals surface area contributed by atoms with Crippen LogP contribution in [0.25, 0.3) is 5.69 Å². The Morgan fingerprint density at radius 2 is 2.00 bits per heavy atom. The van der Waals surface area contributed by atoms with Crippen LogP contribution in [-0.2, 0) is 22.3 Å². The minimum atomic E-state index is -1.00. The fourth-order valence-electron chi connectivity index (χ4n) is 2.97. The third-order valence-electron chi connectivity index (χ3n) is 4.31. The molecule has 1 aliphatic heterocycles. The third-order valence-corrected chi connectivity index (χ3v) is 5.75. The van der Waals surface area contributed by atoms with E-state index < -0.39 is 10.8 Å². The number of halogens is 1. The predicted octanol–water partition coefficient (Wildman–Crippen LogP) is 3.55. The van der Waals surface area contributed by atoms with Crippen LogP contribution in [0.5, 0.6) is 5.75 Å². The Labute approximate surface area is 163 Å². The number of ether oxygens (including phenoxy) is 1. The molecule has 3 aromatic rings. The number of hydrogen-bond donors (Lipinski definition) is 1. The molecule has 2 aromatic carbocycles. The van der Waals surface area contributed by atoms with E-state index in [0.717, 1.165) is 16.9 Å². The van der Waals surface area contributed by atoms with Crippen molar-refractivity contribution in [3.05, 3.63) is 70.4 Å². The first kappa shape index (κ1) is 17.8. The molecule has 0 saturated carbocycles. The maximum Gasteiger partial charge on any atom is 0.256 e. The van der Waals surface area contributed by atoms with E-state index in [1.165, 1.54) is 0 Å². The minimum Gasteiger partial charge on any atom is -0.497 e. The van der Waals surface area contributed by atoms with Crippen molar-refractivity contribution < 1.29 is 13.7 Å². The van der Waals surface area contributed by atoms with Gasteiger partial charge in [0.2, 0.25) is 0 Å². The van der Waals surface area contributed by atoms with Gasteiger partial charge in [-0.1, -0.05) is 17.7 Å². The first-order chi connectivity index (χ1) is 13.0. The highest BCUT2D eigenvalue weighted by molar-refractivity contribution is 7.83. The smallest absolute Gasteiger partial charge is 0.256 e. The molecule has 6 nitrogen and oxygen atoms in total. The van der Waals surface area contributed by atoms with Gasteiger partial charge in [0.05, 0.1) is 30.0 Å². The van der Waals surface area contributed by atoms with E-state index in [4.69, 9.17) is 16.3 Å². The molecule has 2 heterocycles. The first-order valence-electron chi connectivity index (χ1n) is 8.22. The molecule has 0 radical (unpaired) electrons. The maximum atomic E-state index is 12.7. The summed E-state index contributed by atoms with van der Waals surface area (Å²) in [5.74, 6) is 1.68. The van der Waals surface area contributed by atoms with Gasteiger partial charge in [0.15, 0.2) is 0 Å². The molecule has 0 spiro atoms. The highest BCUT2D eigenvalue weighted by Gasteiger charge is 2.28. The first-order valence-corrected chi connectivity index (χ1v) is 10.1. The van der Waals surface area contributed by atoms with E-state index in [2.05, 4.69) is 10.4 Å². The van der Waals surface area contributed by atoms with Crippen molar-refractivity contribution in [2.75, 3.05) is 12.4 Å². The van der Waals surface area contributed by atoms with Gasteiger partial charge < -0.3 is 10.1 Å². The quantitative estimate of drug-likeness (QED) is 0.725. The Hall–Kier alpha value is -2.64. The van der Waals surface area contributed by atoms with Crippen LogP contribution in [0.1, 0.15) is 21.6 Å². The van der Waals surface area contributed by atoms with Crippen molar-refractivity contribution in [2.24, 2.45) is 0 Å². The van der Waals surface area contributed by atoms with Crippen molar-refractivity contribution in [1.29, 1.82) is 0 Å². The monoisotopic (exact) mass is 401 g/mol. The van der Waals surface area contributed by atoms with Crippen molar-refractivity contribution in [2.45, 2.75) is 11.5 Å². The number of aromatic nitrogens is 2. The van der Waals surface area contributed by atoms with E-state index in [1.807, 2.05) is 12.1 Å². The Morgan fingerprint density at radius 3 is 2.70 bits per heavy atom. The van der Waals surface area contributed by atoms with Crippen molar-refractivity contribution in [1.82, 2.24) is 9.78 Å². The fraction of sp³-hybridized carbons (Fsp3) is 0.158. The van der Waals surface area contributed by atoms with E-state index in [9.17, 15) is 9.00 Å². The number of fused-ring (bicyclic) bond motifs is 1. The molecule has 0 saturated heterocycles. The zero-order chi connectivity index (χ0) is 19.0. The number of nitrogens with zero attached hydrogens (tertiary/aromatic N) is 2. The summed E-state index contributed by atoms with van der Waals surface area (Å²) in [6, 6.07) is 14.0. The third kappa shape index (κ3) is 3.48. The number of hydrogen-bond acceptors (Lipinski definition) is 4. The van der Waals surface area contributed by atoms with Gasteiger partial charge in [-0.15, -0.1) is 0 Å². The van der Waals surface area contributed by atoms with Crippen molar-refractivity contribution in [3.8, 4) is 11.4 Å². The van der Waals surface area contributed by atoms with Gasteiger partial charge >= 0.3 is 0 Å². The standard InChI is InChI=1S/C19H16ClN3O3S/c1-26-15-7-5-12(6-8-15)19(24)21-18-16-10-27(25)11-17(16)22-23(18)14-4-2-3-13(20)9-14/h2-9H,10-11H2,1H3,(H,21,24)/t27-/m0/s1. The molecule has 1 N–H and O–H groups in total. The molecule has 8 heteroatoms. The molecule has 1 atom stereocenters. The Morgan fingerprint density at radius 1 is 1.22 bits per heavy atom. The molecule has 0 aliphatic carbocycles. The van der Waals surface area contributed by atoms with Gasteiger partial charge in [0.25, 0.3) is 5.91 Å². The Bertz CT molecular complexity index is 1050. The normalized spacial score (nSPS) is 15.4. The highest BCUT2D eigenvalue weighted by Crippen LogP contribution is 2.32. The van der Waals surface area contributed by atoms with Gasteiger partial charge in [-0.2, -0.15) is 5.10 Å². The lowest BCUT2D eigenvalue weighted by molar-refractivity contribution is 0.102. The highest BCUT2D eigenvalue weighted by atomic mass is 35.5. The number of rotatable bonds is 4. The van der Waals surface area contributed by atoms with E-state index in [0.29, 0.717) is 33.7 Å². The summed E-state index contributed by atoms with van der Waals surface area (Å²) in [4.78, 5) is 12.7. The maximum absolute atomic E-state index is 12.7.